The van der Waals surface area contributed by atoms with Gasteiger partial charge >= 0.3 is 0 Å². The molecule has 180 valence electrons. The van der Waals surface area contributed by atoms with Gasteiger partial charge in [-0.15, -0.1) is 0 Å². The van der Waals surface area contributed by atoms with Crippen LogP contribution in [0, 0.1) is 0 Å². The summed E-state index contributed by atoms with van der Waals surface area (Å²) in [5.41, 5.74) is 1.97. The van der Waals surface area contributed by atoms with Gasteiger partial charge in [0, 0.05) is 18.7 Å². The third-order valence-corrected chi connectivity index (χ3v) is 7.20. The number of hydrogen-bond acceptors (Lipinski definition) is 4. The Bertz CT molecular complexity index is 899. The molecule has 1 unspecified atom stereocenters. The summed E-state index contributed by atoms with van der Waals surface area (Å²) in [6.07, 6.45) is 6.52. The zero-order valence-corrected chi connectivity index (χ0v) is 21.5. The first-order chi connectivity index (χ1) is 16.1. The third kappa shape index (κ3) is 6.73. The summed E-state index contributed by atoms with van der Waals surface area (Å²) in [7, 11) is 0. The van der Waals surface area contributed by atoms with Crippen LogP contribution in [-0.2, 0) is 6.42 Å². The molecular formula is C27H37BrN2O3. The van der Waals surface area contributed by atoms with Crippen LogP contribution in [-0.4, -0.2) is 59.6 Å². The second kappa shape index (κ2) is 13.0. The van der Waals surface area contributed by atoms with Crippen LogP contribution < -0.4 is 4.74 Å². The van der Waals surface area contributed by atoms with Gasteiger partial charge in [-0.1, -0.05) is 38.1 Å². The second-order valence-electron chi connectivity index (χ2n) is 8.50. The predicted octanol–water partition coefficient (Wildman–Crippen LogP) is 5.89. The van der Waals surface area contributed by atoms with Gasteiger partial charge in [-0.2, -0.15) is 0 Å². The first kappa shape index (κ1) is 25.6. The molecule has 0 saturated carbocycles. The Hall–Kier alpha value is -2.05. The summed E-state index contributed by atoms with van der Waals surface area (Å²) < 4.78 is 6.56. The molecule has 2 fully saturated rings. The van der Waals surface area contributed by atoms with Crippen molar-refractivity contribution in [1.82, 2.24) is 9.80 Å². The van der Waals surface area contributed by atoms with Crippen LogP contribution in [0.1, 0.15) is 61.9 Å². The number of carbonyl (C=O) groups excluding carboxylic acids is 1. The van der Waals surface area contributed by atoms with E-state index in [1.54, 1.807) is 12.1 Å². The van der Waals surface area contributed by atoms with E-state index in [2.05, 4.69) is 26.9 Å². The molecule has 2 aromatic rings. The fourth-order valence-electron chi connectivity index (χ4n) is 4.62. The largest absolute Gasteiger partial charge is 0.507 e. The maximum atomic E-state index is 13.6. The predicted molar refractivity (Wildman–Crippen MR) is 137 cm³/mol. The Morgan fingerprint density at radius 3 is 2.55 bits per heavy atom. The zero-order valence-electron chi connectivity index (χ0n) is 19.9. The quantitative estimate of drug-likeness (QED) is 0.498. The zero-order chi connectivity index (χ0) is 23.6. The highest BCUT2D eigenvalue weighted by Gasteiger charge is 2.29. The lowest BCUT2D eigenvalue weighted by atomic mass is 9.98. The van der Waals surface area contributed by atoms with Gasteiger partial charge in [-0.25, -0.2) is 0 Å². The lowest BCUT2D eigenvalue weighted by Gasteiger charge is -2.36. The van der Waals surface area contributed by atoms with Gasteiger partial charge in [0.2, 0.25) is 0 Å². The molecule has 33 heavy (non-hydrogen) atoms. The van der Waals surface area contributed by atoms with Crippen molar-refractivity contribution in [1.29, 1.82) is 0 Å². The molecular weight excluding hydrogens is 480 g/mol. The lowest BCUT2D eigenvalue weighted by molar-refractivity contribution is 0.0526. The molecule has 0 radical (unpaired) electrons. The minimum absolute atomic E-state index is 0.0298. The fraction of sp³-hybridized carbons (Fsp3) is 0.519. The SMILES string of the molecule is CC.O=C(c1ccccc1CCN1CCCC1)N1CCCCC1COc1cccc(O)c1Br. The van der Waals surface area contributed by atoms with E-state index in [1.165, 1.54) is 25.9 Å². The number of benzene rings is 2. The fourth-order valence-corrected chi connectivity index (χ4v) is 5.00. The van der Waals surface area contributed by atoms with E-state index in [9.17, 15) is 9.90 Å². The molecule has 1 atom stereocenters. The van der Waals surface area contributed by atoms with Gasteiger partial charge in [0.15, 0.2) is 0 Å². The average Bonchev–Trinajstić information content (AvgIpc) is 3.39. The Kier molecular flexibility index (Phi) is 10.1. The monoisotopic (exact) mass is 516 g/mol. The Morgan fingerprint density at radius 2 is 1.76 bits per heavy atom. The van der Waals surface area contributed by atoms with Crippen molar-refractivity contribution in [3.63, 3.8) is 0 Å². The van der Waals surface area contributed by atoms with Crippen molar-refractivity contribution in [2.75, 3.05) is 32.8 Å². The van der Waals surface area contributed by atoms with Crippen LogP contribution in [0.15, 0.2) is 46.9 Å². The molecule has 2 aliphatic rings. The first-order valence-corrected chi connectivity index (χ1v) is 13.1. The number of phenols is 1. The summed E-state index contributed by atoms with van der Waals surface area (Å²) in [6.45, 7) is 8.54. The van der Waals surface area contributed by atoms with Crippen LogP contribution in [0.3, 0.4) is 0 Å². The topological polar surface area (TPSA) is 53.0 Å². The smallest absolute Gasteiger partial charge is 0.254 e. The van der Waals surface area contributed by atoms with Crippen molar-refractivity contribution in [2.45, 2.75) is 58.4 Å². The van der Waals surface area contributed by atoms with Crippen LogP contribution in [0.4, 0.5) is 0 Å². The van der Waals surface area contributed by atoms with Crippen molar-refractivity contribution in [2.24, 2.45) is 0 Å². The van der Waals surface area contributed by atoms with Crippen LogP contribution in [0.5, 0.6) is 11.5 Å². The van der Waals surface area contributed by atoms with Crippen LogP contribution >= 0.6 is 15.9 Å². The first-order valence-electron chi connectivity index (χ1n) is 12.3. The van der Waals surface area contributed by atoms with Crippen LogP contribution in [0.2, 0.25) is 0 Å². The molecule has 0 aromatic heterocycles. The number of halogens is 1. The Labute approximate surface area is 206 Å². The molecule has 4 rings (SSSR count). The lowest BCUT2D eigenvalue weighted by Crippen LogP contribution is -2.47. The summed E-state index contributed by atoms with van der Waals surface area (Å²) in [5.74, 6) is 0.866. The molecule has 6 heteroatoms. The summed E-state index contributed by atoms with van der Waals surface area (Å²) in [6, 6.07) is 13.3. The molecule has 2 saturated heterocycles. The average molecular weight is 518 g/mol. The van der Waals surface area contributed by atoms with Gasteiger partial charge < -0.3 is 19.6 Å². The van der Waals surface area contributed by atoms with E-state index in [-0.39, 0.29) is 17.7 Å². The number of nitrogens with zero attached hydrogens (tertiary/aromatic N) is 2. The number of phenolic OH excluding ortho intramolecular Hbond substituents is 1. The highest BCUT2D eigenvalue weighted by Crippen LogP contribution is 2.33. The normalized spacial score (nSPS) is 18.5. The summed E-state index contributed by atoms with van der Waals surface area (Å²) >= 11 is 3.38. The molecule has 1 N–H and O–H groups in total. The molecule has 0 spiro atoms. The number of likely N-dealkylation sites (tertiary alicyclic amines) is 2. The standard InChI is InChI=1S/C25H31BrN2O3.C2H6/c26-24-22(29)11-7-12-23(24)31-18-20-9-3-4-16-28(20)25(30)21-10-2-1-8-19(21)13-17-27-14-5-6-15-27;1-2/h1-2,7-8,10-12,20,29H,3-6,9,13-18H2;1-2H3. The van der Waals surface area contributed by atoms with Gasteiger partial charge in [-0.3, -0.25) is 4.79 Å². The van der Waals surface area contributed by atoms with Gasteiger partial charge in [0.05, 0.1) is 6.04 Å². The highest BCUT2D eigenvalue weighted by atomic mass is 79.9. The molecule has 0 bridgehead atoms. The highest BCUT2D eigenvalue weighted by molar-refractivity contribution is 9.10. The van der Waals surface area contributed by atoms with E-state index in [1.807, 2.05) is 43.0 Å². The number of ether oxygens (including phenoxy) is 1. The van der Waals surface area contributed by atoms with E-state index in [0.29, 0.717) is 16.8 Å². The molecule has 0 aliphatic carbocycles. The number of rotatable bonds is 7. The van der Waals surface area contributed by atoms with Crippen molar-refractivity contribution in [3.8, 4) is 11.5 Å². The van der Waals surface area contributed by atoms with Crippen molar-refractivity contribution in [3.05, 3.63) is 58.1 Å². The number of amides is 1. The van der Waals surface area contributed by atoms with Crippen LogP contribution in [0.25, 0.3) is 0 Å². The van der Waals surface area contributed by atoms with Gasteiger partial charge in [0.25, 0.3) is 5.91 Å². The number of piperidine rings is 1. The van der Waals surface area contributed by atoms with E-state index >= 15 is 0 Å². The third-order valence-electron chi connectivity index (χ3n) is 6.41. The number of carbonyl (C=O) groups is 1. The summed E-state index contributed by atoms with van der Waals surface area (Å²) in [5, 5.41) is 9.89. The molecule has 2 aliphatic heterocycles. The second-order valence-corrected chi connectivity index (χ2v) is 9.30. The van der Waals surface area contributed by atoms with Gasteiger partial charge in [0.1, 0.15) is 22.6 Å². The number of aromatic hydroxyl groups is 1. The minimum Gasteiger partial charge on any atom is -0.507 e. The maximum Gasteiger partial charge on any atom is 0.254 e. The molecule has 1 amide bonds. The Balaban J connectivity index is 0.00000149. The maximum absolute atomic E-state index is 13.6. The molecule has 2 aromatic carbocycles. The number of hydrogen-bond donors (Lipinski definition) is 1. The van der Waals surface area contributed by atoms with Crippen molar-refractivity contribution >= 4 is 21.8 Å². The van der Waals surface area contributed by atoms with E-state index in [4.69, 9.17) is 4.74 Å². The minimum atomic E-state index is 0.0298. The summed E-state index contributed by atoms with van der Waals surface area (Å²) in [4.78, 5) is 18.1. The Morgan fingerprint density at radius 1 is 1.03 bits per heavy atom. The molecule has 2 heterocycles. The van der Waals surface area contributed by atoms with E-state index < -0.39 is 0 Å². The van der Waals surface area contributed by atoms with Crippen molar-refractivity contribution < 1.29 is 14.6 Å². The van der Waals surface area contributed by atoms with E-state index in [0.717, 1.165) is 49.9 Å². The van der Waals surface area contributed by atoms with Gasteiger partial charge in [-0.05, 0) is 91.3 Å². The molecule has 5 nitrogen and oxygen atoms in total.